The van der Waals surface area contributed by atoms with E-state index in [0.717, 1.165) is 19.3 Å². The molecule has 1 aromatic carbocycles. The summed E-state index contributed by atoms with van der Waals surface area (Å²) in [5.74, 6) is 1.17. The molecule has 1 atom stereocenters. The van der Waals surface area contributed by atoms with Gasteiger partial charge in [0.05, 0.1) is 0 Å². The molecule has 2 aromatic rings. The molecule has 138 valence electrons. The van der Waals surface area contributed by atoms with Crippen molar-refractivity contribution >= 4 is 30.7 Å². The monoisotopic (exact) mass is 385 g/mol. The van der Waals surface area contributed by atoms with Gasteiger partial charge in [0.25, 0.3) is 5.91 Å². The van der Waals surface area contributed by atoms with Crippen LogP contribution in [-0.2, 0) is 0 Å². The number of carbonyl (C=O) groups excluding carboxylic acids is 1. The first-order valence-corrected chi connectivity index (χ1v) is 7.91. The zero-order valence-corrected chi connectivity index (χ0v) is 15.8. The Morgan fingerprint density at radius 2 is 1.92 bits per heavy atom. The van der Waals surface area contributed by atoms with E-state index in [1.807, 2.05) is 6.07 Å². The molecule has 5 nitrogen and oxygen atoms in total. The summed E-state index contributed by atoms with van der Waals surface area (Å²) in [4.78, 5) is 16.3. The summed E-state index contributed by atoms with van der Waals surface area (Å²) in [6.07, 6.45) is 6.35. The second-order valence-electron chi connectivity index (χ2n) is 5.36. The van der Waals surface area contributed by atoms with Crippen molar-refractivity contribution in [3.8, 4) is 11.5 Å². The number of hydrogen-bond donors (Lipinski definition) is 2. The van der Waals surface area contributed by atoms with Crippen molar-refractivity contribution in [3.05, 3.63) is 54.4 Å². The second kappa shape index (κ2) is 12.5. The van der Waals surface area contributed by atoms with Gasteiger partial charge in [-0.25, -0.2) is 0 Å². The molecule has 0 saturated carbocycles. The fourth-order valence-electron chi connectivity index (χ4n) is 2.21. The van der Waals surface area contributed by atoms with E-state index in [4.69, 9.17) is 10.5 Å². The van der Waals surface area contributed by atoms with Gasteiger partial charge in [-0.1, -0.05) is 25.8 Å². The third kappa shape index (κ3) is 7.73. The number of amides is 1. The minimum absolute atomic E-state index is 0. The van der Waals surface area contributed by atoms with Crippen molar-refractivity contribution in [2.75, 3.05) is 6.54 Å². The molecule has 0 saturated heterocycles. The number of nitrogens with zero attached hydrogens (tertiary/aromatic N) is 1. The van der Waals surface area contributed by atoms with Gasteiger partial charge in [-0.3, -0.25) is 9.78 Å². The Bertz CT molecular complexity index is 627. The number of nitrogens with two attached hydrogens (primary N) is 1. The van der Waals surface area contributed by atoms with E-state index in [2.05, 4.69) is 17.2 Å². The quantitative estimate of drug-likeness (QED) is 0.720. The van der Waals surface area contributed by atoms with Crippen LogP contribution in [0.1, 0.15) is 36.5 Å². The third-order valence-corrected chi connectivity index (χ3v) is 3.51. The number of benzene rings is 1. The van der Waals surface area contributed by atoms with Gasteiger partial charge < -0.3 is 15.8 Å². The van der Waals surface area contributed by atoms with Gasteiger partial charge in [-0.15, -0.1) is 24.8 Å². The Morgan fingerprint density at radius 1 is 1.20 bits per heavy atom. The molecule has 0 bridgehead atoms. The summed E-state index contributed by atoms with van der Waals surface area (Å²) in [7, 11) is 0. The smallest absolute Gasteiger partial charge is 0.251 e. The highest BCUT2D eigenvalue weighted by molar-refractivity contribution is 5.94. The summed E-state index contributed by atoms with van der Waals surface area (Å²) < 4.78 is 5.72. The van der Waals surface area contributed by atoms with Gasteiger partial charge in [0, 0.05) is 30.5 Å². The summed E-state index contributed by atoms with van der Waals surface area (Å²) >= 11 is 0. The van der Waals surface area contributed by atoms with E-state index in [1.165, 1.54) is 0 Å². The predicted octanol–water partition coefficient (Wildman–Crippen LogP) is 3.96. The molecule has 0 aliphatic heterocycles. The average molecular weight is 386 g/mol. The van der Waals surface area contributed by atoms with Crippen molar-refractivity contribution < 1.29 is 9.53 Å². The van der Waals surface area contributed by atoms with Crippen LogP contribution in [0.15, 0.2) is 48.8 Å². The van der Waals surface area contributed by atoms with Crippen molar-refractivity contribution in [3.63, 3.8) is 0 Å². The van der Waals surface area contributed by atoms with Gasteiger partial charge in [-0.05, 0) is 36.8 Å². The topological polar surface area (TPSA) is 77.2 Å². The van der Waals surface area contributed by atoms with E-state index in [-0.39, 0.29) is 36.8 Å². The van der Waals surface area contributed by atoms with Gasteiger partial charge in [0.2, 0.25) is 0 Å². The molecule has 1 aromatic heterocycles. The SMILES string of the molecule is CCCCC(CN)NC(=O)c1cccc(Oc2ccncc2)c1.Cl.Cl. The first kappa shape index (κ1) is 23.2. The molecular formula is C18H25Cl2N3O2. The van der Waals surface area contributed by atoms with Crippen molar-refractivity contribution in [1.82, 2.24) is 10.3 Å². The van der Waals surface area contributed by atoms with Gasteiger partial charge in [-0.2, -0.15) is 0 Å². The van der Waals surface area contributed by atoms with Crippen LogP contribution in [0.25, 0.3) is 0 Å². The molecule has 0 spiro atoms. The summed E-state index contributed by atoms with van der Waals surface area (Å²) in [5, 5.41) is 2.98. The minimum atomic E-state index is -0.128. The molecule has 0 aliphatic carbocycles. The van der Waals surface area contributed by atoms with Gasteiger partial charge in [0.15, 0.2) is 0 Å². The Morgan fingerprint density at radius 3 is 2.56 bits per heavy atom. The molecule has 25 heavy (non-hydrogen) atoms. The fraction of sp³-hybridized carbons (Fsp3) is 0.333. The average Bonchev–Trinajstić information content (AvgIpc) is 2.59. The van der Waals surface area contributed by atoms with Crippen molar-refractivity contribution in [2.24, 2.45) is 5.73 Å². The van der Waals surface area contributed by atoms with E-state index in [9.17, 15) is 4.79 Å². The zero-order valence-electron chi connectivity index (χ0n) is 14.2. The number of aromatic nitrogens is 1. The molecular weight excluding hydrogens is 361 g/mol. The molecule has 0 radical (unpaired) electrons. The molecule has 2 rings (SSSR count). The number of hydrogen-bond acceptors (Lipinski definition) is 4. The second-order valence-corrected chi connectivity index (χ2v) is 5.36. The number of carbonyl (C=O) groups is 1. The lowest BCUT2D eigenvalue weighted by molar-refractivity contribution is 0.0935. The van der Waals surface area contributed by atoms with Gasteiger partial charge in [0.1, 0.15) is 11.5 Å². The Labute approximate surface area is 161 Å². The molecule has 3 N–H and O–H groups in total. The highest BCUT2D eigenvalue weighted by Crippen LogP contribution is 2.21. The lowest BCUT2D eigenvalue weighted by atomic mass is 10.1. The maximum Gasteiger partial charge on any atom is 0.251 e. The van der Waals surface area contributed by atoms with Gasteiger partial charge >= 0.3 is 0 Å². The highest BCUT2D eigenvalue weighted by Gasteiger charge is 2.12. The van der Waals surface area contributed by atoms with Crippen LogP contribution in [-0.4, -0.2) is 23.5 Å². The first-order chi connectivity index (χ1) is 11.2. The molecule has 0 fully saturated rings. The third-order valence-electron chi connectivity index (χ3n) is 3.51. The van der Waals surface area contributed by atoms with Crippen molar-refractivity contribution in [1.29, 1.82) is 0 Å². The van der Waals surface area contributed by atoms with Crippen LogP contribution < -0.4 is 15.8 Å². The summed E-state index contributed by atoms with van der Waals surface area (Å²) in [6, 6.07) is 10.6. The minimum Gasteiger partial charge on any atom is -0.457 e. The maximum absolute atomic E-state index is 12.3. The van der Waals surface area contributed by atoms with Crippen LogP contribution >= 0.6 is 24.8 Å². The highest BCUT2D eigenvalue weighted by atomic mass is 35.5. The number of rotatable bonds is 8. The van der Waals surface area contributed by atoms with Crippen LogP contribution in [0.3, 0.4) is 0 Å². The summed E-state index contributed by atoms with van der Waals surface area (Å²) in [5.41, 5.74) is 6.29. The van der Waals surface area contributed by atoms with E-state index >= 15 is 0 Å². The van der Waals surface area contributed by atoms with Crippen LogP contribution in [0.5, 0.6) is 11.5 Å². The standard InChI is InChI=1S/C18H23N3O2.2ClH/c1-2-3-6-15(13-19)21-18(22)14-5-4-7-17(12-14)23-16-8-10-20-11-9-16;;/h4-5,7-12,15H,2-3,6,13,19H2,1H3,(H,21,22);2*1H. The number of pyridine rings is 1. The van der Waals surface area contributed by atoms with E-state index < -0.39 is 0 Å². The zero-order chi connectivity index (χ0) is 16.5. The van der Waals surface area contributed by atoms with E-state index in [0.29, 0.717) is 23.6 Å². The maximum atomic E-state index is 12.3. The number of nitrogens with one attached hydrogen (secondary N) is 1. The number of halogens is 2. The lowest BCUT2D eigenvalue weighted by Crippen LogP contribution is -2.40. The van der Waals surface area contributed by atoms with Crippen molar-refractivity contribution in [2.45, 2.75) is 32.2 Å². The molecule has 1 unspecified atom stereocenters. The molecule has 0 aliphatic rings. The summed E-state index contributed by atoms with van der Waals surface area (Å²) in [6.45, 7) is 2.56. The first-order valence-electron chi connectivity index (χ1n) is 7.91. The van der Waals surface area contributed by atoms with Crippen LogP contribution in [0, 0.1) is 0 Å². The largest absolute Gasteiger partial charge is 0.457 e. The normalized spacial score (nSPS) is 10.8. The molecule has 1 heterocycles. The fourth-order valence-corrected chi connectivity index (χ4v) is 2.21. The Hall–Kier alpha value is -1.82. The lowest BCUT2D eigenvalue weighted by Gasteiger charge is -2.16. The molecule has 1 amide bonds. The van der Waals surface area contributed by atoms with Crippen LogP contribution in [0.2, 0.25) is 0 Å². The molecule has 7 heteroatoms. The van der Waals surface area contributed by atoms with Crippen LogP contribution in [0.4, 0.5) is 0 Å². The Balaban J connectivity index is 0.00000288. The van der Waals surface area contributed by atoms with E-state index in [1.54, 1.807) is 42.7 Å². The number of ether oxygens (including phenoxy) is 1. The number of unbranched alkanes of at least 4 members (excludes halogenated alkanes) is 1. The predicted molar refractivity (Wildman–Crippen MR) is 105 cm³/mol. The Kier molecular flexibility index (Phi) is 11.6.